The van der Waals surface area contributed by atoms with Gasteiger partial charge in [-0.2, -0.15) is 12.6 Å². The van der Waals surface area contributed by atoms with Gasteiger partial charge in [-0.25, -0.2) is 8.78 Å². The van der Waals surface area contributed by atoms with Crippen LogP contribution in [0.5, 0.6) is 0 Å². The summed E-state index contributed by atoms with van der Waals surface area (Å²) in [5.41, 5.74) is 7.38. The molecule has 1 heterocycles. The van der Waals surface area contributed by atoms with E-state index in [0.29, 0.717) is 37.2 Å². The van der Waals surface area contributed by atoms with Crippen molar-refractivity contribution in [3.8, 4) is 11.1 Å². The molecule has 0 spiro atoms. The Bertz CT molecular complexity index is 1730. The van der Waals surface area contributed by atoms with Crippen LogP contribution in [-0.2, 0) is 30.5 Å². The molecule has 2 aromatic carbocycles. The zero-order valence-corrected chi connectivity index (χ0v) is 34.4. The summed E-state index contributed by atoms with van der Waals surface area (Å²) in [4.78, 5) is 60.6. The molecule has 1 unspecified atom stereocenters. The van der Waals surface area contributed by atoms with E-state index in [9.17, 15) is 37.9 Å². The van der Waals surface area contributed by atoms with Crippen LogP contribution in [0.3, 0.4) is 0 Å². The summed E-state index contributed by atoms with van der Waals surface area (Å²) in [6.07, 6.45) is 5.27. The van der Waals surface area contributed by atoms with Gasteiger partial charge in [-0.15, -0.1) is 0 Å². The van der Waals surface area contributed by atoms with Gasteiger partial charge < -0.3 is 46.4 Å². The van der Waals surface area contributed by atoms with Gasteiger partial charge >= 0.3 is 0 Å². The minimum atomic E-state index is -0.768. The Labute approximate surface area is 339 Å². The van der Waals surface area contributed by atoms with Gasteiger partial charge in [0.25, 0.3) is 0 Å². The molecule has 13 nitrogen and oxygen atoms in total. The van der Waals surface area contributed by atoms with Gasteiger partial charge in [-0.1, -0.05) is 44.2 Å². The first-order chi connectivity index (χ1) is 27.2. The van der Waals surface area contributed by atoms with Gasteiger partial charge in [-0.05, 0) is 81.9 Å². The first kappa shape index (κ1) is 48.5. The summed E-state index contributed by atoms with van der Waals surface area (Å²) in [5, 5.41) is 20.8. The SMILES string of the molecule is CC(=O)N[C@H](C=O)CCCCN.CNC(C(=O)N[C@@H](C)C(=O)NCCCN(C(=O)CO)[C@H](CS)c1cc(-c2cc(F)ccc2F)cn1Cc1ccccc1)C(C)C. The molecule has 3 rings (SSSR count). The molecule has 314 valence electrons. The average molecular weight is 816 g/mol. The minimum absolute atomic E-state index is 0.0397. The number of nitrogens with zero attached hydrogens (tertiary/aromatic N) is 2. The number of benzene rings is 2. The van der Waals surface area contributed by atoms with E-state index in [1.165, 1.54) is 11.8 Å². The molecule has 7 N–H and O–H groups in total. The number of aliphatic hydroxyl groups is 1. The second kappa shape index (κ2) is 25.6. The summed E-state index contributed by atoms with van der Waals surface area (Å²) >= 11 is 4.54. The predicted octanol–water partition coefficient (Wildman–Crippen LogP) is 3.35. The van der Waals surface area contributed by atoms with Crippen molar-refractivity contribution in [2.45, 2.75) is 84.1 Å². The summed E-state index contributed by atoms with van der Waals surface area (Å²) in [5.74, 6) is -2.31. The van der Waals surface area contributed by atoms with E-state index in [4.69, 9.17) is 5.73 Å². The van der Waals surface area contributed by atoms with Gasteiger partial charge in [0.15, 0.2) is 0 Å². The van der Waals surface area contributed by atoms with E-state index in [0.717, 1.165) is 42.9 Å². The third-order valence-corrected chi connectivity index (χ3v) is 9.47. The number of unbranched alkanes of at least 4 members (excludes halogenated alkanes) is 1. The van der Waals surface area contributed by atoms with Crippen LogP contribution in [0.1, 0.15) is 70.7 Å². The molecule has 57 heavy (non-hydrogen) atoms. The monoisotopic (exact) mass is 815 g/mol. The minimum Gasteiger partial charge on any atom is -0.387 e. The van der Waals surface area contributed by atoms with Crippen molar-refractivity contribution in [2.75, 3.05) is 39.0 Å². The van der Waals surface area contributed by atoms with Crippen LogP contribution in [0.25, 0.3) is 11.1 Å². The van der Waals surface area contributed by atoms with Crippen molar-refractivity contribution >= 4 is 42.5 Å². The molecule has 0 saturated heterocycles. The van der Waals surface area contributed by atoms with E-state index in [1.807, 2.05) is 48.7 Å². The molecule has 3 aromatic rings. The predicted molar refractivity (Wildman–Crippen MR) is 220 cm³/mol. The van der Waals surface area contributed by atoms with Crippen LogP contribution in [0.15, 0.2) is 60.8 Å². The number of halogens is 2. The molecule has 0 aliphatic heterocycles. The van der Waals surface area contributed by atoms with Crippen molar-refractivity contribution in [2.24, 2.45) is 11.7 Å². The second-order valence-corrected chi connectivity index (χ2v) is 14.3. The van der Waals surface area contributed by atoms with E-state index >= 15 is 0 Å². The number of likely N-dealkylation sites (N-methyl/N-ethyl adjacent to an activating group) is 1. The molecule has 0 fully saturated rings. The van der Waals surface area contributed by atoms with Crippen LogP contribution in [0.2, 0.25) is 0 Å². The lowest BCUT2D eigenvalue weighted by Crippen LogP contribution is -2.52. The van der Waals surface area contributed by atoms with Crippen LogP contribution in [0, 0.1) is 17.6 Å². The van der Waals surface area contributed by atoms with Gasteiger partial charge in [-0.3, -0.25) is 19.2 Å². The lowest BCUT2D eigenvalue weighted by molar-refractivity contribution is -0.136. The summed E-state index contributed by atoms with van der Waals surface area (Å²) in [7, 11) is 1.69. The first-order valence-electron chi connectivity index (χ1n) is 19.1. The number of nitrogens with two attached hydrogens (primary N) is 1. The highest BCUT2D eigenvalue weighted by Crippen LogP contribution is 2.32. The average Bonchev–Trinajstić information content (AvgIpc) is 3.59. The van der Waals surface area contributed by atoms with Crippen LogP contribution >= 0.6 is 12.6 Å². The number of carbonyl (C=O) groups is 5. The maximum Gasteiger partial charge on any atom is 0.248 e. The van der Waals surface area contributed by atoms with Crippen molar-refractivity contribution in [1.82, 2.24) is 30.7 Å². The maximum atomic E-state index is 14.8. The zero-order valence-electron chi connectivity index (χ0n) is 33.5. The number of rotatable bonds is 22. The fourth-order valence-electron chi connectivity index (χ4n) is 6.18. The molecule has 4 amide bonds. The van der Waals surface area contributed by atoms with Gasteiger partial charge in [0, 0.05) is 55.3 Å². The Hall–Kier alpha value is -4.64. The highest BCUT2D eigenvalue weighted by atomic mass is 32.1. The number of aliphatic hydroxyl groups excluding tert-OH is 1. The Morgan fingerprint density at radius 2 is 1.68 bits per heavy atom. The van der Waals surface area contributed by atoms with E-state index in [2.05, 4.69) is 33.9 Å². The second-order valence-electron chi connectivity index (χ2n) is 13.9. The third kappa shape index (κ3) is 16.0. The van der Waals surface area contributed by atoms with Crippen LogP contribution in [-0.4, -0.2) is 102 Å². The number of nitrogens with one attached hydrogen (secondary N) is 4. The van der Waals surface area contributed by atoms with E-state index < -0.39 is 42.3 Å². The third-order valence-electron chi connectivity index (χ3n) is 9.12. The van der Waals surface area contributed by atoms with Crippen molar-refractivity contribution < 1.29 is 37.9 Å². The summed E-state index contributed by atoms with van der Waals surface area (Å²) < 4.78 is 30.8. The molecule has 0 aliphatic carbocycles. The van der Waals surface area contributed by atoms with Crippen molar-refractivity contribution in [1.29, 1.82) is 0 Å². The molecule has 0 aliphatic rings. The first-order valence-corrected chi connectivity index (χ1v) is 19.7. The quantitative estimate of drug-likeness (QED) is 0.0457. The van der Waals surface area contributed by atoms with Crippen LogP contribution in [0.4, 0.5) is 8.78 Å². The Kier molecular flexibility index (Phi) is 21.8. The normalized spacial score (nSPS) is 13.0. The topological polar surface area (TPSA) is 188 Å². The number of aromatic nitrogens is 1. The van der Waals surface area contributed by atoms with Crippen molar-refractivity contribution in [3.63, 3.8) is 0 Å². The van der Waals surface area contributed by atoms with Gasteiger partial charge in [0.1, 0.15) is 30.6 Å². The number of thiol groups is 1. The molecular formula is C41H59F2N7O6S. The molecule has 1 aromatic heterocycles. The maximum absolute atomic E-state index is 14.8. The highest BCUT2D eigenvalue weighted by Gasteiger charge is 2.28. The molecule has 16 heteroatoms. The summed E-state index contributed by atoms with van der Waals surface area (Å²) in [6, 6.07) is 12.3. The standard InChI is InChI=1S/C33H43F2N5O4S.C8H16N2O2/c1-21(2)31(36-4)33(44)38-22(3)32(43)37-13-8-14-40(30(42)19-41)29(20-45)28-15-24(26-16-25(34)11-12-27(26)35)18-39(28)17-23-9-6-5-7-10-23;1-7(12)10-8(6-11)4-2-3-5-9/h5-7,9-12,15-16,18,21-22,29,31,36,41,45H,8,13-14,17,19-20H2,1-4H3,(H,37,43)(H,38,44);6,8H,2-5,9H2,1H3,(H,10,12)/t22-,29+,31?;8-/m00/s1. The fourth-order valence-corrected chi connectivity index (χ4v) is 6.57. The molecule has 0 bridgehead atoms. The largest absolute Gasteiger partial charge is 0.387 e. The number of hydrogen-bond acceptors (Lipinski definition) is 9. The molecular weight excluding hydrogens is 757 g/mol. The fraction of sp³-hybridized carbons (Fsp3) is 0.488. The lowest BCUT2D eigenvalue weighted by atomic mass is 10.0. The Morgan fingerprint density at radius 1 is 0.982 bits per heavy atom. The number of hydrogen-bond donors (Lipinski definition) is 7. The summed E-state index contributed by atoms with van der Waals surface area (Å²) in [6.45, 7) is 7.46. The Morgan fingerprint density at radius 3 is 2.26 bits per heavy atom. The van der Waals surface area contributed by atoms with E-state index in [-0.39, 0.29) is 54.1 Å². The number of carbonyl (C=O) groups excluding carboxylic acids is 5. The number of aldehydes is 1. The van der Waals surface area contributed by atoms with Crippen LogP contribution < -0.4 is 27.0 Å². The Balaban J connectivity index is 0.000000804. The van der Waals surface area contributed by atoms with E-state index in [1.54, 1.807) is 26.2 Å². The lowest BCUT2D eigenvalue weighted by Gasteiger charge is -2.31. The molecule has 0 radical (unpaired) electrons. The van der Waals surface area contributed by atoms with Gasteiger partial charge in [0.2, 0.25) is 23.6 Å². The zero-order chi connectivity index (χ0) is 42.5. The van der Waals surface area contributed by atoms with Crippen molar-refractivity contribution in [3.05, 3.63) is 83.7 Å². The smallest absolute Gasteiger partial charge is 0.248 e. The molecule has 4 atom stereocenters. The molecule has 0 saturated carbocycles. The number of amides is 4. The van der Waals surface area contributed by atoms with Gasteiger partial charge in [0.05, 0.1) is 18.1 Å². The highest BCUT2D eigenvalue weighted by molar-refractivity contribution is 7.80.